The molecule has 2 nitrogen and oxygen atoms in total. The van der Waals surface area contributed by atoms with Gasteiger partial charge >= 0.3 is 0 Å². The van der Waals surface area contributed by atoms with Crippen LogP contribution in [0, 0.1) is 5.41 Å². The Morgan fingerprint density at radius 3 is 2.35 bits per heavy atom. The van der Waals surface area contributed by atoms with Crippen LogP contribution in [0.4, 0.5) is 0 Å². The van der Waals surface area contributed by atoms with Gasteiger partial charge in [-0.2, -0.15) is 0 Å². The highest BCUT2D eigenvalue weighted by molar-refractivity contribution is 5.21. The molecule has 1 aliphatic heterocycles. The van der Waals surface area contributed by atoms with Crippen LogP contribution in [0.5, 0.6) is 0 Å². The van der Waals surface area contributed by atoms with Crippen molar-refractivity contribution in [2.45, 2.75) is 39.3 Å². The molecule has 1 saturated heterocycles. The number of rotatable bonds is 3. The fourth-order valence-corrected chi connectivity index (χ4v) is 2.89. The summed E-state index contributed by atoms with van der Waals surface area (Å²) in [6.45, 7) is 9.11. The zero-order valence-electron chi connectivity index (χ0n) is 11.2. The number of nitrogens with zero attached hydrogens (tertiary/aromatic N) is 1. The molecule has 0 aromatic heterocycles. The van der Waals surface area contributed by atoms with Crippen LogP contribution >= 0.6 is 0 Å². The van der Waals surface area contributed by atoms with Gasteiger partial charge in [0.1, 0.15) is 0 Å². The van der Waals surface area contributed by atoms with Crippen LogP contribution in [0.1, 0.15) is 38.8 Å². The number of nitrogens with two attached hydrogens (primary N) is 1. The topological polar surface area (TPSA) is 29.3 Å². The van der Waals surface area contributed by atoms with Gasteiger partial charge in [-0.1, -0.05) is 44.2 Å². The second-order valence-electron chi connectivity index (χ2n) is 6.10. The predicted octanol–water partition coefficient (Wildman–Crippen LogP) is 2.81. The summed E-state index contributed by atoms with van der Waals surface area (Å²) in [5.41, 5.74) is 7.98. The minimum absolute atomic E-state index is 0.172. The Balaban J connectivity index is 2.20. The summed E-state index contributed by atoms with van der Waals surface area (Å²) < 4.78 is 0. The van der Waals surface area contributed by atoms with Crippen LogP contribution in [0.2, 0.25) is 0 Å². The molecule has 0 bridgehead atoms. The number of hydrogen-bond donors (Lipinski definition) is 1. The molecule has 0 amide bonds. The molecular formula is C15H24N2. The lowest BCUT2D eigenvalue weighted by Crippen LogP contribution is -2.39. The van der Waals surface area contributed by atoms with Crippen molar-refractivity contribution in [2.75, 3.05) is 13.1 Å². The van der Waals surface area contributed by atoms with E-state index >= 15 is 0 Å². The van der Waals surface area contributed by atoms with Gasteiger partial charge in [0.15, 0.2) is 0 Å². The lowest BCUT2D eigenvalue weighted by molar-refractivity contribution is 0.197. The summed E-state index contributed by atoms with van der Waals surface area (Å²) in [5.74, 6) is 0. The highest BCUT2D eigenvalue weighted by Crippen LogP contribution is 2.35. The van der Waals surface area contributed by atoms with Crippen molar-refractivity contribution >= 4 is 0 Å². The van der Waals surface area contributed by atoms with Crippen molar-refractivity contribution < 1.29 is 0 Å². The molecule has 1 aromatic rings. The maximum atomic E-state index is 6.20. The molecule has 0 radical (unpaired) electrons. The monoisotopic (exact) mass is 232 g/mol. The zero-order chi connectivity index (χ0) is 12.5. The molecule has 0 spiro atoms. The van der Waals surface area contributed by atoms with E-state index in [2.05, 4.69) is 56.0 Å². The lowest BCUT2D eigenvalue weighted by atomic mass is 9.93. The first-order valence-corrected chi connectivity index (χ1v) is 6.54. The third-order valence-corrected chi connectivity index (χ3v) is 3.74. The van der Waals surface area contributed by atoms with Gasteiger partial charge in [0.2, 0.25) is 0 Å². The Labute approximate surface area is 105 Å². The minimum Gasteiger partial charge on any atom is -0.326 e. The number of hydrogen-bond acceptors (Lipinski definition) is 2. The Kier molecular flexibility index (Phi) is 3.55. The molecule has 1 aliphatic rings. The van der Waals surface area contributed by atoms with E-state index in [-0.39, 0.29) is 6.04 Å². The van der Waals surface area contributed by atoms with Crippen LogP contribution in [0.15, 0.2) is 30.3 Å². The Bertz CT molecular complexity index is 356. The van der Waals surface area contributed by atoms with E-state index in [0.717, 1.165) is 13.1 Å². The lowest BCUT2D eigenvalue weighted by Gasteiger charge is -2.32. The van der Waals surface area contributed by atoms with Gasteiger partial charge in [-0.3, -0.25) is 4.90 Å². The Morgan fingerprint density at radius 2 is 1.88 bits per heavy atom. The molecule has 2 N–H and O–H groups in total. The molecule has 2 unspecified atom stereocenters. The maximum Gasteiger partial charge on any atom is 0.0496 e. The zero-order valence-corrected chi connectivity index (χ0v) is 11.2. The van der Waals surface area contributed by atoms with Gasteiger partial charge in [-0.25, -0.2) is 0 Å². The smallest absolute Gasteiger partial charge is 0.0496 e. The van der Waals surface area contributed by atoms with Gasteiger partial charge in [-0.15, -0.1) is 0 Å². The largest absolute Gasteiger partial charge is 0.326 e. The molecule has 1 heterocycles. The fourth-order valence-electron chi connectivity index (χ4n) is 2.89. The first kappa shape index (κ1) is 12.6. The predicted molar refractivity (Wildman–Crippen MR) is 72.8 cm³/mol. The highest BCUT2D eigenvalue weighted by Gasteiger charge is 2.35. The van der Waals surface area contributed by atoms with E-state index in [1.165, 1.54) is 12.0 Å². The summed E-state index contributed by atoms with van der Waals surface area (Å²) in [5, 5.41) is 0. The van der Waals surface area contributed by atoms with E-state index < -0.39 is 0 Å². The van der Waals surface area contributed by atoms with E-state index in [9.17, 15) is 0 Å². The van der Waals surface area contributed by atoms with E-state index in [4.69, 9.17) is 5.73 Å². The SMILES string of the molecule is CC(N)C(c1ccccc1)N1CCC(C)(C)C1. The summed E-state index contributed by atoms with van der Waals surface area (Å²) in [4.78, 5) is 2.54. The van der Waals surface area contributed by atoms with Gasteiger partial charge in [0, 0.05) is 18.6 Å². The molecule has 2 heteroatoms. The third-order valence-electron chi connectivity index (χ3n) is 3.74. The van der Waals surface area contributed by atoms with E-state index in [1.807, 2.05) is 0 Å². The fraction of sp³-hybridized carbons (Fsp3) is 0.600. The quantitative estimate of drug-likeness (QED) is 0.868. The van der Waals surface area contributed by atoms with Crippen LogP contribution in [0.25, 0.3) is 0 Å². The molecule has 1 aromatic carbocycles. The van der Waals surface area contributed by atoms with Crippen LogP contribution < -0.4 is 5.73 Å². The first-order valence-electron chi connectivity index (χ1n) is 6.54. The highest BCUT2D eigenvalue weighted by atomic mass is 15.2. The second kappa shape index (κ2) is 4.79. The number of likely N-dealkylation sites (tertiary alicyclic amines) is 1. The summed E-state index contributed by atoms with van der Waals surface area (Å²) >= 11 is 0. The molecule has 94 valence electrons. The molecule has 2 atom stereocenters. The van der Waals surface area contributed by atoms with Crippen molar-refractivity contribution in [2.24, 2.45) is 11.1 Å². The van der Waals surface area contributed by atoms with Crippen LogP contribution in [-0.4, -0.2) is 24.0 Å². The van der Waals surface area contributed by atoms with Crippen LogP contribution in [-0.2, 0) is 0 Å². The summed E-state index contributed by atoms with van der Waals surface area (Å²) in [6.07, 6.45) is 1.27. The van der Waals surface area contributed by atoms with Crippen LogP contribution in [0.3, 0.4) is 0 Å². The molecule has 0 aliphatic carbocycles. The minimum atomic E-state index is 0.172. The normalized spacial score (nSPS) is 23.5. The molecule has 1 fully saturated rings. The number of benzene rings is 1. The molecule has 0 saturated carbocycles. The summed E-state index contributed by atoms with van der Waals surface area (Å²) in [7, 11) is 0. The van der Waals surface area contributed by atoms with E-state index in [0.29, 0.717) is 11.5 Å². The van der Waals surface area contributed by atoms with Crippen molar-refractivity contribution in [3.63, 3.8) is 0 Å². The maximum absolute atomic E-state index is 6.20. The molecule has 17 heavy (non-hydrogen) atoms. The van der Waals surface area contributed by atoms with Gasteiger partial charge in [-0.05, 0) is 30.9 Å². The van der Waals surface area contributed by atoms with E-state index in [1.54, 1.807) is 0 Å². The summed E-state index contributed by atoms with van der Waals surface area (Å²) in [6, 6.07) is 11.2. The van der Waals surface area contributed by atoms with Crippen molar-refractivity contribution in [1.82, 2.24) is 4.90 Å². The molecular weight excluding hydrogens is 208 g/mol. The van der Waals surface area contributed by atoms with Crippen molar-refractivity contribution in [3.05, 3.63) is 35.9 Å². The first-order chi connectivity index (χ1) is 7.99. The standard InChI is InChI=1S/C15H24N2/c1-12(16)14(13-7-5-4-6-8-13)17-10-9-15(2,3)11-17/h4-8,12,14H,9-11,16H2,1-3H3. The average molecular weight is 232 g/mol. The van der Waals surface area contributed by atoms with Gasteiger partial charge < -0.3 is 5.73 Å². The molecule has 2 rings (SSSR count). The van der Waals surface area contributed by atoms with Gasteiger partial charge in [0.05, 0.1) is 0 Å². The Hall–Kier alpha value is -0.860. The average Bonchev–Trinajstić information content (AvgIpc) is 2.60. The van der Waals surface area contributed by atoms with Crippen molar-refractivity contribution in [3.8, 4) is 0 Å². The van der Waals surface area contributed by atoms with Crippen molar-refractivity contribution in [1.29, 1.82) is 0 Å². The third kappa shape index (κ3) is 2.88. The Morgan fingerprint density at radius 1 is 1.24 bits per heavy atom. The second-order valence-corrected chi connectivity index (χ2v) is 6.10. The van der Waals surface area contributed by atoms with Gasteiger partial charge in [0.25, 0.3) is 0 Å².